The Hall–Kier alpha value is -1.34. The maximum atomic E-state index is 11.2. The average molecular weight is 259 g/mol. The van der Waals surface area contributed by atoms with E-state index in [2.05, 4.69) is 0 Å². The van der Waals surface area contributed by atoms with E-state index < -0.39 is 15.8 Å². The minimum absolute atomic E-state index is 0.115. The van der Waals surface area contributed by atoms with Crippen molar-refractivity contribution in [3.63, 3.8) is 0 Å². The molecule has 1 aromatic heterocycles. The minimum Gasteiger partial charge on any atom is -0.478 e. The van der Waals surface area contributed by atoms with Crippen LogP contribution >= 0.6 is 0 Å². The molecule has 0 aromatic carbocycles. The third-order valence-corrected chi connectivity index (χ3v) is 4.33. The summed E-state index contributed by atoms with van der Waals surface area (Å²) in [6, 6.07) is 1.46. The monoisotopic (exact) mass is 259 g/mol. The van der Waals surface area contributed by atoms with Gasteiger partial charge in [-0.2, -0.15) is 0 Å². The predicted octanol–water partition coefficient (Wildman–Crippen LogP) is 0.208. The molecule has 1 aliphatic rings. The largest absolute Gasteiger partial charge is 0.478 e. The van der Waals surface area contributed by atoms with Gasteiger partial charge in [0.05, 0.1) is 23.6 Å². The van der Waals surface area contributed by atoms with Gasteiger partial charge in [0, 0.05) is 13.1 Å². The molecule has 0 saturated carbocycles. The van der Waals surface area contributed by atoms with Gasteiger partial charge in [-0.25, -0.2) is 13.2 Å². The van der Waals surface area contributed by atoms with Crippen molar-refractivity contribution in [2.45, 2.75) is 6.54 Å². The molecule has 94 valence electrons. The molecule has 0 spiro atoms. The molecular formula is C10H13NO5S. The van der Waals surface area contributed by atoms with Crippen molar-refractivity contribution in [3.8, 4) is 0 Å². The summed E-state index contributed by atoms with van der Waals surface area (Å²) in [6.07, 6.45) is 1.19. The predicted molar refractivity (Wildman–Crippen MR) is 59.6 cm³/mol. The first-order chi connectivity index (χ1) is 7.96. The van der Waals surface area contributed by atoms with Crippen molar-refractivity contribution in [3.05, 3.63) is 23.7 Å². The fraction of sp³-hybridized carbons (Fsp3) is 0.500. The number of carboxylic acids is 1. The molecule has 0 aliphatic carbocycles. The second-order valence-electron chi connectivity index (χ2n) is 4.03. The van der Waals surface area contributed by atoms with Gasteiger partial charge in [-0.1, -0.05) is 0 Å². The first-order valence-electron chi connectivity index (χ1n) is 5.20. The molecule has 17 heavy (non-hydrogen) atoms. The summed E-state index contributed by atoms with van der Waals surface area (Å²) in [5, 5.41) is 8.72. The van der Waals surface area contributed by atoms with Gasteiger partial charge < -0.3 is 9.52 Å². The van der Waals surface area contributed by atoms with Gasteiger partial charge >= 0.3 is 5.97 Å². The molecule has 2 heterocycles. The fourth-order valence-corrected chi connectivity index (χ4v) is 2.98. The van der Waals surface area contributed by atoms with Crippen LogP contribution in [0.4, 0.5) is 0 Å². The Kier molecular flexibility index (Phi) is 3.21. The van der Waals surface area contributed by atoms with Gasteiger partial charge in [0.25, 0.3) is 0 Å². The van der Waals surface area contributed by atoms with Crippen molar-refractivity contribution in [1.29, 1.82) is 0 Å². The lowest BCUT2D eigenvalue weighted by Crippen LogP contribution is -2.39. The van der Waals surface area contributed by atoms with Crippen LogP contribution in [0, 0.1) is 0 Å². The summed E-state index contributed by atoms with van der Waals surface area (Å²) in [4.78, 5) is 12.6. The van der Waals surface area contributed by atoms with Gasteiger partial charge in [0.1, 0.15) is 12.0 Å². The van der Waals surface area contributed by atoms with Crippen LogP contribution in [-0.4, -0.2) is 49.0 Å². The van der Waals surface area contributed by atoms with Crippen molar-refractivity contribution in [2.75, 3.05) is 24.6 Å². The standard InChI is InChI=1S/C10H13NO5S/c12-10(13)8-5-9(16-7-8)6-11-1-3-17(14,15)4-2-11/h5,7H,1-4,6H2,(H,12,13). The lowest BCUT2D eigenvalue weighted by Gasteiger charge is -2.25. The SMILES string of the molecule is O=C(O)c1coc(CN2CCS(=O)(=O)CC2)c1. The van der Waals surface area contributed by atoms with E-state index in [-0.39, 0.29) is 17.1 Å². The summed E-state index contributed by atoms with van der Waals surface area (Å²) in [7, 11) is -2.88. The van der Waals surface area contributed by atoms with Crippen molar-refractivity contribution < 1.29 is 22.7 Å². The highest BCUT2D eigenvalue weighted by atomic mass is 32.2. The Morgan fingerprint density at radius 2 is 2.06 bits per heavy atom. The normalized spacial score (nSPS) is 20.2. The number of aromatic carboxylic acids is 1. The zero-order chi connectivity index (χ0) is 12.5. The molecule has 1 fully saturated rings. The molecule has 0 radical (unpaired) electrons. The molecule has 1 saturated heterocycles. The van der Waals surface area contributed by atoms with E-state index in [1.165, 1.54) is 12.3 Å². The third kappa shape index (κ3) is 3.07. The van der Waals surface area contributed by atoms with E-state index >= 15 is 0 Å². The first kappa shape index (κ1) is 12.1. The van der Waals surface area contributed by atoms with Crippen LogP contribution in [0.5, 0.6) is 0 Å². The van der Waals surface area contributed by atoms with E-state index in [4.69, 9.17) is 9.52 Å². The van der Waals surface area contributed by atoms with E-state index in [9.17, 15) is 13.2 Å². The van der Waals surface area contributed by atoms with Crippen molar-refractivity contribution >= 4 is 15.8 Å². The van der Waals surface area contributed by atoms with Crippen LogP contribution in [-0.2, 0) is 16.4 Å². The Labute approximate surface area is 98.8 Å². The maximum absolute atomic E-state index is 11.2. The molecule has 1 aromatic rings. The molecular weight excluding hydrogens is 246 g/mol. The highest BCUT2D eigenvalue weighted by molar-refractivity contribution is 7.91. The van der Waals surface area contributed by atoms with Crippen LogP contribution in [0.2, 0.25) is 0 Å². The average Bonchev–Trinajstić information content (AvgIpc) is 2.70. The Balaban J connectivity index is 1.95. The Morgan fingerprint density at radius 3 is 2.59 bits per heavy atom. The summed E-state index contributed by atoms with van der Waals surface area (Å²) < 4.78 is 27.5. The molecule has 1 N–H and O–H groups in total. The minimum atomic E-state index is -2.88. The van der Waals surface area contributed by atoms with Gasteiger partial charge in [-0.05, 0) is 6.07 Å². The van der Waals surface area contributed by atoms with Gasteiger partial charge in [-0.3, -0.25) is 4.90 Å². The van der Waals surface area contributed by atoms with Gasteiger partial charge in [-0.15, -0.1) is 0 Å². The quantitative estimate of drug-likeness (QED) is 0.834. The topological polar surface area (TPSA) is 87.8 Å². The van der Waals surface area contributed by atoms with E-state index in [1.807, 2.05) is 4.90 Å². The molecule has 0 bridgehead atoms. The lowest BCUT2D eigenvalue weighted by molar-refractivity contribution is 0.0696. The first-order valence-corrected chi connectivity index (χ1v) is 7.02. The zero-order valence-corrected chi connectivity index (χ0v) is 9.94. The maximum Gasteiger partial charge on any atom is 0.338 e. The van der Waals surface area contributed by atoms with Crippen LogP contribution in [0.3, 0.4) is 0 Å². The van der Waals surface area contributed by atoms with Crippen LogP contribution < -0.4 is 0 Å². The summed E-state index contributed by atoms with van der Waals surface area (Å²) >= 11 is 0. The van der Waals surface area contributed by atoms with Crippen LogP contribution in [0.1, 0.15) is 16.1 Å². The second-order valence-corrected chi connectivity index (χ2v) is 6.34. The number of furan rings is 1. The third-order valence-electron chi connectivity index (χ3n) is 2.72. The van der Waals surface area contributed by atoms with Gasteiger partial charge in [0.15, 0.2) is 9.84 Å². The van der Waals surface area contributed by atoms with Gasteiger partial charge in [0.2, 0.25) is 0 Å². The molecule has 7 heteroatoms. The second kappa shape index (κ2) is 4.50. The van der Waals surface area contributed by atoms with Crippen molar-refractivity contribution in [1.82, 2.24) is 4.90 Å². The highest BCUT2D eigenvalue weighted by Gasteiger charge is 2.22. The van der Waals surface area contributed by atoms with E-state index in [0.29, 0.717) is 25.4 Å². The molecule has 0 amide bonds. The molecule has 2 rings (SSSR count). The fourth-order valence-electron chi connectivity index (χ4n) is 1.70. The van der Waals surface area contributed by atoms with Crippen LogP contribution in [0.25, 0.3) is 0 Å². The zero-order valence-electron chi connectivity index (χ0n) is 9.13. The number of carbonyl (C=O) groups is 1. The molecule has 6 nitrogen and oxygen atoms in total. The number of nitrogens with zero attached hydrogens (tertiary/aromatic N) is 1. The number of hydrogen-bond donors (Lipinski definition) is 1. The molecule has 1 aliphatic heterocycles. The smallest absolute Gasteiger partial charge is 0.338 e. The van der Waals surface area contributed by atoms with E-state index in [0.717, 1.165) is 0 Å². The lowest BCUT2D eigenvalue weighted by atomic mass is 10.3. The molecule has 0 atom stereocenters. The Morgan fingerprint density at radius 1 is 1.41 bits per heavy atom. The number of sulfone groups is 1. The van der Waals surface area contributed by atoms with Crippen molar-refractivity contribution in [2.24, 2.45) is 0 Å². The summed E-state index contributed by atoms with van der Waals surface area (Å²) in [6.45, 7) is 1.37. The Bertz CT molecular complexity index is 505. The summed E-state index contributed by atoms with van der Waals surface area (Å²) in [5.74, 6) is -0.179. The summed E-state index contributed by atoms with van der Waals surface area (Å²) in [5.41, 5.74) is 0.115. The number of rotatable bonds is 3. The molecule has 0 unspecified atom stereocenters. The van der Waals surface area contributed by atoms with Crippen LogP contribution in [0.15, 0.2) is 16.7 Å². The highest BCUT2D eigenvalue weighted by Crippen LogP contribution is 2.13. The number of hydrogen-bond acceptors (Lipinski definition) is 5. The number of carboxylic acid groups (broad SMARTS) is 1. The van der Waals surface area contributed by atoms with E-state index in [1.54, 1.807) is 0 Å².